The molecule has 1 aliphatic rings. The molecule has 0 spiro atoms. The highest BCUT2D eigenvalue weighted by molar-refractivity contribution is 6.01. The fraction of sp³-hybridized carbons (Fsp3) is 0.619. The molecule has 1 aromatic rings. The summed E-state index contributed by atoms with van der Waals surface area (Å²) in [7, 11) is 0. The molecular formula is C63H98N16O23. The Hall–Kier alpha value is -10.4. The maximum absolute atomic E-state index is 14.5. The first-order chi connectivity index (χ1) is 48.0. The van der Waals surface area contributed by atoms with Gasteiger partial charge in [0.25, 0.3) is 0 Å². The monoisotopic (exact) mass is 1450 g/mol. The van der Waals surface area contributed by atoms with Crippen LogP contribution in [0.15, 0.2) is 30.3 Å². The average Bonchev–Trinajstić information content (AvgIpc) is 1.61. The Balaban J connectivity index is 2.36. The molecule has 39 heteroatoms. The Kier molecular flexibility index (Phi) is 38.4. The molecule has 1 fully saturated rings. The van der Waals surface area contributed by atoms with Crippen molar-refractivity contribution < 1.29 is 112 Å². The molecule has 0 saturated carbocycles. The first-order valence-corrected chi connectivity index (χ1v) is 33.1. The quantitative estimate of drug-likeness (QED) is 0.0270. The van der Waals surface area contributed by atoms with Gasteiger partial charge in [-0.3, -0.25) is 86.3 Å². The zero-order valence-corrected chi connectivity index (χ0v) is 57.5. The van der Waals surface area contributed by atoms with E-state index in [9.17, 15) is 107 Å². The number of likely N-dealkylation sites (tertiary alicyclic amines) is 1. The van der Waals surface area contributed by atoms with E-state index in [1.807, 2.05) is 12.2 Å². The van der Waals surface area contributed by atoms with Gasteiger partial charge in [0.15, 0.2) is 0 Å². The molecule has 0 radical (unpaired) electrons. The minimum Gasteiger partial charge on any atom is -0.481 e. The normalized spacial score (nSPS) is 16.3. The van der Waals surface area contributed by atoms with Gasteiger partial charge in [0.2, 0.25) is 82.7 Å². The number of carbonyl (C=O) groups is 18. The van der Waals surface area contributed by atoms with Gasteiger partial charge in [-0.25, -0.2) is 0 Å². The molecule has 102 heavy (non-hydrogen) atoms. The number of nitrogens with one attached hydrogen (secondary N) is 11. The van der Waals surface area contributed by atoms with Gasteiger partial charge in [-0.15, -0.1) is 0 Å². The number of rotatable bonds is 48. The zero-order valence-electron chi connectivity index (χ0n) is 57.5. The van der Waals surface area contributed by atoms with Gasteiger partial charge < -0.3 is 112 Å². The first kappa shape index (κ1) is 87.6. The lowest BCUT2D eigenvalue weighted by Crippen LogP contribution is -2.61. The van der Waals surface area contributed by atoms with E-state index in [4.69, 9.17) is 28.0 Å². The molecule has 0 aromatic heterocycles. The van der Waals surface area contributed by atoms with E-state index in [-0.39, 0.29) is 51.1 Å². The van der Waals surface area contributed by atoms with Crippen molar-refractivity contribution in [1.82, 2.24) is 63.4 Å². The molecule has 24 N–H and O–H groups in total. The molecule has 1 heterocycles. The summed E-state index contributed by atoms with van der Waals surface area (Å²) in [6.45, 7) is 6.01. The third-order valence-electron chi connectivity index (χ3n) is 16.6. The average molecular weight is 1450 g/mol. The van der Waals surface area contributed by atoms with Crippen molar-refractivity contribution in [2.24, 2.45) is 34.8 Å². The molecule has 1 aromatic carbocycles. The number of carboxylic acids is 4. The smallest absolute Gasteiger partial charge is 0.305 e. The lowest BCUT2D eigenvalue weighted by atomic mass is 9.97. The second-order valence-electron chi connectivity index (χ2n) is 24.6. The minimum absolute atomic E-state index is 0.0573. The van der Waals surface area contributed by atoms with Crippen LogP contribution in [0.1, 0.15) is 136 Å². The van der Waals surface area contributed by atoms with Crippen LogP contribution in [0.2, 0.25) is 0 Å². The minimum atomic E-state index is -2.11. The van der Waals surface area contributed by atoms with E-state index in [2.05, 4.69) is 53.2 Å². The van der Waals surface area contributed by atoms with Gasteiger partial charge in [0.1, 0.15) is 66.5 Å². The van der Waals surface area contributed by atoms with Crippen molar-refractivity contribution >= 4 is 107 Å². The lowest BCUT2D eigenvalue weighted by molar-refractivity contribution is -0.142. The molecule has 39 nitrogen and oxygen atoms in total. The largest absolute Gasteiger partial charge is 0.481 e. The standard InChI is InChI=1S/C63H98N16O23/c1-6-31(3)50(52(67)91)77-61(100)43-17-13-25-79(43)63(102)41(26-34-14-9-8-10-15-34)75-55(94)36(16-11-12-24-64)71-53(92)33(5)69-60(99)42(30-80)76-58(97)39(27-44(66)81)74-57(96)38(20-23-48(87)88)72-56(95)37(19-22-47(85)86)73-59(98)40(28-49(89)90)70-45(82)29-68-62(101)51(32(4)7-2)78-54(93)35(65)18-21-46(83)84/h8-10,14-15,31-33,35-43,50-51,80H,6-7,11-13,16-30,64-65H2,1-5H3,(H2,66,81)(H2,67,91)(H,68,101)(H,69,99)(H,70,82)(H,71,92)(H,72,95)(H,73,98)(H,74,96)(H,75,94)(H,76,97)(H,77,100)(H,78,93)(H,83,84)(H,85,86)(H,87,88)(H,89,90). The topological polar surface area (TPSA) is 648 Å². The Morgan fingerprint density at radius 1 is 0.510 bits per heavy atom. The number of hydrogen-bond donors (Lipinski definition) is 20. The highest BCUT2D eigenvalue weighted by Crippen LogP contribution is 2.22. The molecule has 14 atom stereocenters. The highest BCUT2D eigenvalue weighted by atomic mass is 16.4. The van der Waals surface area contributed by atoms with Crippen LogP contribution < -0.4 is 81.4 Å². The fourth-order valence-corrected chi connectivity index (χ4v) is 10.3. The van der Waals surface area contributed by atoms with Crippen LogP contribution in [-0.4, -0.2) is 236 Å². The summed E-state index contributed by atoms with van der Waals surface area (Å²) < 4.78 is 0. The SMILES string of the molecule is CCC(C)C(NC(=O)C1CCCN1C(=O)C(Cc1ccccc1)NC(=O)C(CCCCN)NC(=O)C(C)NC(=O)C(CO)NC(=O)C(CC(N)=O)NC(=O)C(CCC(=O)O)NC(=O)C(CCC(=O)O)NC(=O)C(CC(=O)O)NC(=O)CNC(=O)C(NC(=O)C(N)CCC(=O)O)C(C)CC)C(N)=O. The third kappa shape index (κ3) is 31.0. The summed E-state index contributed by atoms with van der Waals surface area (Å²) in [5, 5.41) is 73.2. The number of unbranched alkanes of at least 4 members (excludes halogenated alkanes) is 1. The second kappa shape index (κ2) is 44.6. The molecule has 0 aliphatic carbocycles. The zero-order chi connectivity index (χ0) is 77.1. The molecule has 1 saturated heterocycles. The van der Waals surface area contributed by atoms with Crippen LogP contribution in [0.4, 0.5) is 0 Å². The van der Waals surface area contributed by atoms with E-state index in [0.717, 1.165) is 6.92 Å². The van der Waals surface area contributed by atoms with Crippen molar-refractivity contribution in [2.75, 3.05) is 26.2 Å². The van der Waals surface area contributed by atoms with Gasteiger partial charge in [-0.1, -0.05) is 70.9 Å². The summed E-state index contributed by atoms with van der Waals surface area (Å²) in [5.74, 6) is -22.3. The first-order valence-electron chi connectivity index (χ1n) is 33.1. The predicted molar refractivity (Wildman–Crippen MR) is 356 cm³/mol. The number of amides is 14. The number of carboxylic acid groups (broad SMARTS) is 4. The Labute approximate surface area is 586 Å². The molecule has 568 valence electrons. The molecule has 1 aliphatic heterocycles. The van der Waals surface area contributed by atoms with Crippen molar-refractivity contribution in [1.29, 1.82) is 0 Å². The van der Waals surface area contributed by atoms with Crippen LogP contribution in [0.5, 0.6) is 0 Å². The third-order valence-corrected chi connectivity index (χ3v) is 16.6. The van der Waals surface area contributed by atoms with Gasteiger partial charge in [0.05, 0.1) is 32.0 Å². The van der Waals surface area contributed by atoms with Gasteiger partial charge in [-0.2, -0.15) is 0 Å². The van der Waals surface area contributed by atoms with Crippen LogP contribution in [0, 0.1) is 11.8 Å². The van der Waals surface area contributed by atoms with Crippen molar-refractivity contribution in [2.45, 2.75) is 210 Å². The number of benzene rings is 1. The molecule has 2 rings (SSSR count). The van der Waals surface area contributed by atoms with Gasteiger partial charge in [0, 0.05) is 32.2 Å². The number of aliphatic carboxylic acids is 4. The highest BCUT2D eigenvalue weighted by Gasteiger charge is 2.41. The summed E-state index contributed by atoms with van der Waals surface area (Å²) in [6.07, 6.45) is -4.61. The van der Waals surface area contributed by atoms with E-state index in [1.165, 1.54) is 4.90 Å². The summed E-state index contributed by atoms with van der Waals surface area (Å²) in [4.78, 5) is 237. The second-order valence-corrected chi connectivity index (χ2v) is 24.6. The molecular weight excluding hydrogens is 1350 g/mol. The maximum Gasteiger partial charge on any atom is 0.305 e. The number of hydrogen-bond acceptors (Lipinski definition) is 21. The van der Waals surface area contributed by atoms with Crippen molar-refractivity contribution in [3.63, 3.8) is 0 Å². The molecule has 14 amide bonds. The molecule has 0 bridgehead atoms. The number of aliphatic hydroxyl groups is 1. The molecule has 14 unspecified atom stereocenters. The predicted octanol–water partition coefficient (Wildman–Crippen LogP) is -6.83. The summed E-state index contributed by atoms with van der Waals surface area (Å²) in [6, 6.07) is -10.8. The van der Waals surface area contributed by atoms with Gasteiger partial charge >= 0.3 is 23.9 Å². The number of nitrogens with zero attached hydrogens (tertiary/aromatic N) is 1. The van der Waals surface area contributed by atoms with E-state index in [1.54, 1.807) is 51.1 Å². The van der Waals surface area contributed by atoms with E-state index >= 15 is 0 Å². The summed E-state index contributed by atoms with van der Waals surface area (Å²) in [5.41, 5.74) is 23.1. The number of nitrogens with two attached hydrogens (primary N) is 4. The lowest BCUT2D eigenvalue weighted by Gasteiger charge is -2.31. The number of primary amides is 2. The van der Waals surface area contributed by atoms with Crippen molar-refractivity contribution in [3.8, 4) is 0 Å². The Morgan fingerprint density at radius 2 is 0.980 bits per heavy atom. The van der Waals surface area contributed by atoms with E-state index in [0.29, 0.717) is 31.2 Å². The van der Waals surface area contributed by atoms with Gasteiger partial charge in [-0.05, 0) is 82.2 Å². The Bertz CT molecular complexity index is 3140. The maximum atomic E-state index is 14.5. The van der Waals surface area contributed by atoms with E-state index < -0.39 is 243 Å². The number of aliphatic hydroxyl groups excluding tert-OH is 1. The fourth-order valence-electron chi connectivity index (χ4n) is 10.3. The van der Waals surface area contributed by atoms with Crippen molar-refractivity contribution in [3.05, 3.63) is 35.9 Å². The number of carbonyl (C=O) groups excluding carboxylic acids is 14. The van der Waals surface area contributed by atoms with Crippen LogP contribution in [0.3, 0.4) is 0 Å². The van der Waals surface area contributed by atoms with Crippen LogP contribution >= 0.6 is 0 Å². The van der Waals surface area contributed by atoms with Crippen LogP contribution in [-0.2, 0) is 92.7 Å². The Morgan fingerprint density at radius 3 is 1.48 bits per heavy atom. The summed E-state index contributed by atoms with van der Waals surface area (Å²) >= 11 is 0. The van der Waals surface area contributed by atoms with Crippen LogP contribution in [0.25, 0.3) is 0 Å².